The molecule has 0 saturated carbocycles. The number of amides is 1. The zero-order chi connectivity index (χ0) is 20.8. The highest BCUT2D eigenvalue weighted by molar-refractivity contribution is 6.06. The van der Waals surface area contributed by atoms with Gasteiger partial charge in [-0.1, -0.05) is 42.5 Å². The Hall–Kier alpha value is -3.68. The van der Waals surface area contributed by atoms with Crippen LogP contribution in [-0.2, 0) is 12.7 Å². The quantitative estimate of drug-likeness (QED) is 0.535. The largest absolute Gasteiger partial charge is 0.431 e. The van der Waals surface area contributed by atoms with E-state index in [0.29, 0.717) is 21.5 Å². The number of para-hydroxylation sites is 1. The Kier molecular flexibility index (Phi) is 4.34. The van der Waals surface area contributed by atoms with Crippen molar-refractivity contribution >= 4 is 27.6 Å². The number of rotatable bonds is 3. The van der Waals surface area contributed by atoms with Gasteiger partial charge in [-0.05, 0) is 23.6 Å². The zero-order valence-electron chi connectivity index (χ0n) is 14.9. The molecule has 146 valence electrons. The maximum absolute atomic E-state index is 13.5. The summed E-state index contributed by atoms with van der Waals surface area (Å²) in [6, 6.07) is 15.9. The molecule has 5 nitrogen and oxygen atoms in total. The Morgan fingerprint density at radius 1 is 0.931 bits per heavy atom. The Morgan fingerprint density at radius 2 is 1.55 bits per heavy atom. The van der Waals surface area contributed by atoms with Crippen molar-refractivity contribution in [3.8, 4) is 0 Å². The van der Waals surface area contributed by atoms with E-state index < -0.39 is 35.4 Å². The SMILES string of the molecule is NC(=O)c1ccc(C(F)(F)F)n(Cc2nc3ccccc3c3ccccc23)c1=O. The average molecular weight is 397 g/mol. The molecule has 4 rings (SSSR count). The Labute approximate surface area is 162 Å². The molecule has 0 atom stereocenters. The van der Waals surface area contributed by atoms with Crippen molar-refractivity contribution in [3.63, 3.8) is 0 Å². The van der Waals surface area contributed by atoms with Crippen LogP contribution in [0.3, 0.4) is 0 Å². The van der Waals surface area contributed by atoms with Gasteiger partial charge in [0.25, 0.3) is 11.5 Å². The first-order valence-corrected chi connectivity index (χ1v) is 8.64. The van der Waals surface area contributed by atoms with Crippen molar-refractivity contribution in [2.75, 3.05) is 0 Å². The number of nitrogens with two attached hydrogens (primary N) is 1. The molecular formula is C21H14F3N3O2. The zero-order valence-corrected chi connectivity index (χ0v) is 14.9. The van der Waals surface area contributed by atoms with Crippen molar-refractivity contribution < 1.29 is 18.0 Å². The van der Waals surface area contributed by atoms with Crippen LogP contribution < -0.4 is 11.3 Å². The third-order valence-corrected chi connectivity index (χ3v) is 4.73. The molecule has 0 fully saturated rings. The molecule has 0 spiro atoms. The lowest BCUT2D eigenvalue weighted by Gasteiger charge is -2.17. The van der Waals surface area contributed by atoms with E-state index in [1.54, 1.807) is 24.3 Å². The van der Waals surface area contributed by atoms with Gasteiger partial charge in [-0.2, -0.15) is 13.2 Å². The number of halogens is 3. The number of hydrogen-bond donors (Lipinski definition) is 1. The van der Waals surface area contributed by atoms with E-state index in [0.717, 1.165) is 16.8 Å². The standard InChI is InChI=1S/C21H14F3N3O2/c22-21(23,24)18-10-9-15(19(25)28)20(29)27(18)11-17-14-7-2-1-5-12(14)13-6-3-4-8-16(13)26-17/h1-10H,11H2,(H2,25,28). The van der Waals surface area contributed by atoms with Crippen LogP contribution in [0.2, 0.25) is 0 Å². The Morgan fingerprint density at radius 3 is 2.21 bits per heavy atom. The molecule has 0 radical (unpaired) electrons. The van der Waals surface area contributed by atoms with Gasteiger partial charge in [0.2, 0.25) is 0 Å². The summed E-state index contributed by atoms with van der Waals surface area (Å²) in [5.41, 5.74) is 3.24. The number of carbonyl (C=O) groups is 1. The molecule has 8 heteroatoms. The molecule has 29 heavy (non-hydrogen) atoms. The number of nitrogens with zero attached hydrogens (tertiary/aromatic N) is 2. The topological polar surface area (TPSA) is 78.0 Å². The third kappa shape index (κ3) is 3.22. The summed E-state index contributed by atoms with van der Waals surface area (Å²) in [7, 11) is 0. The lowest BCUT2D eigenvalue weighted by atomic mass is 10.0. The number of carbonyl (C=O) groups excluding carboxylic acids is 1. The smallest absolute Gasteiger partial charge is 0.365 e. The first-order valence-electron chi connectivity index (χ1n) is 8.64. The highest BCUT2D eigenvalue weighted by Gasteiger charge is 2.35. The summed E-state index contributed by atoms with van der Waals surface area (Å²) in [6.07, 6.45) is -4.79. The van der Waals surface area contributed by atoms with Gasteiger partial charge in [0.1, 0.15) is 11.3 Å². The van der Waals surface area contributed by atoms with Gasteiger partial charge in [0.15, 0.2) is 0 Å². The molecule has 0 aliphatic heterocycles. The normalized spacial score (nSPS) is 11.8. The second-order valence-corrected chi connectivity index (χ2v) is 6.51. The van der Waals surface area contributed by atoms with E-state index in [2.05, 4.69) is 4.98 Å². The van der Waals surface area contributed by atoms with Gasteiger partial charge < -0.3 is 5.73 Å². The van der Waals surface area contributed by atoms with Crippen molar-refractivity contribution in [1.82, 2.24) is 9.55 Å². The number of alkyl halides is 3. The van der Waals surface area contributed by atoms with Gasteiger partial charge in [-0.25, -0.2) is 0 Å². The van der Waals surface area contributed by atoms with Crippen LogP contribution in [0.5, 0.6) is 0 Å². The van der Waals surface area contributed by atoms with Crippen LogP contribution in [0.25, 0.3) is 21.7 Å². The van der Waals surface area contributed by atoms with Crippen LogP contribution in [-0.4, -0.2) is 15.5 Å². The molecule has 0 aliphatic carbocycles. The molecule has 0 bridgehead atoms. The molecular weight excluding hydrogens is 383 g/mol. The van der Waals surface area contributed by atoms with Crippen LogP contribution in [0.1, 0.15) is 21.7 Å². The van der Waals surface area contributed by atoms with E-state index in [-0.39, 0.29) is 5.69 Å². The van der Waals surface area contributed by atoms with Crippen LogP contribution in [0.4, 0.5) is 13.2 Å². The van der Waals surface area contributed by atoms with Gasteiger partial charge in [-0.15, -0.1) is 0 Å². The van der Waals surface area contributed by atoms with Crippen molar-refractivity contribution in [1.29, 1.82) is 0 Å². The fourth-order valence-corrected chi connectivity index (χ4v) is 3.41. The molecule has 0 unspecified atom stereocenters. The summed E-state index contributed by atoms with van der Waals surface area (Å²) in [5, 5.41) is 2.28. The third-order valence-electron chi connectivity index (χ3n) is 4.73. The van der Waals surface area contributed by atoms with Gasteiger partial charge in [0.05, 0.1) is 17.8 Å². The monoisotopic (exact) mass is 397 g/mol. The summed E-state index contributed by atoms with van der Waals surface area (Å²) in [4.78, 5) is 28.6. The number of aromatic nitrogens is 2. The van der Waals surface area contributed by atoms with E-state index in [9.17, 15) is 22.8 Å². The summed E-state index contributed by atoms with van der Waals surface area (Å²) in [5.74, 6) is -1.09. The van der Waals surface area contributed by atoms with E-state index in [1.807, 2.05) is 24.3 Å². The second-order valence-electron chi connectivity index (χ2n) is 6.51. The highest BCUT2D eigenvalue weighted by Crippen LogP contribution is 2.30. The number of benzene rings is 2. The molecule has 2 heterocycles. The average Bonchev–Trinajstić information content (AvgIpc) is 2.68. The first-order chi connectivity index (χ1) is 13.8. The number of primary amides is 1. The lowest BCUT2D eigenvalue weighted by molar-refractivity contribution is -0.144. The second kappa shape index (κ2) is 6.73. The molecule has 1 amide bonds. The lowest BCUT2D eigenvalue weighted by Crippen LogP contribution is -2.34. The van der Waals surface area contributed by atoms with Crippen LogP contribution in [0, 0.1) is 0 Å². The van der Waals surface area contributed by atoms with Crippen LogP contribution >= 0.6 is 0 Å². The minimum atomic E-state index is -4.79. The molecule has 2 N–H and O–H groups in total. The van der Waals surface area contributed by atoms with Gasteiger partial charge >= 0.3 is 6.18 Å². The van der Waals surface area contributed by atoms with Gasteiger partial charge in [-0.3, -0.25) is 19.1 Å². The van der Waals surface area contributed by atoms with E-state index in [4.69, 9.17) is 5.73 Å². The summed E-state index contributed by atoms with van der Waals surface area (Å²) < 4.78 is 41.1. The maximum Gasteiger partial charge on any atom is 0.431 e. The van der Waals surface area contributed by atoms with Crippen molar-refractivity contribution in [2.24, 2.45) is 5.73 Å². The maximum atomic E-state index is 13.5. The van der Waals surface area contributed by atoms with E-state index >= 15 is 0 Å². The van der Waals surface area contributed by atoms with Gasteiger partial charge in [0, 0.05) is 10.8 Å². The minimum absolute atomic E-state index is 0.286. The summed E-state index contributed by atoms with van der Waals surface area (Å²) >= 11 is 0. The Bertz CT molecular complexity index is 1330. The number of hydrogen-bond acceptors (Lipinski definition) is 3. The molecule has 0 aliphatic rings. The van der Waals surface area contributed by atoms with Crippen molar-refractivity contribution in [3.05, 3.63) is 88.0 Å². The molecule has 2 aromatic carbocycles. The Balaban J connectivity index is 2.01. The number of fused-ring (bicyclic) bond motifs is 3. The van der Waals surface area contributed by atoms with E-state index in [1.165, 1.54) is 0 Å². The molecule has 2 aromatic heterocycles. The number of pyridine rings is 2. The summed E-state index contributed by atoms with van der Waals surface area (Å²) in [6.45, 7) is -0.458. The van der Waals surface area contributed by atoms with Crippen LogP contribution in [0.15, 0.2) is 65.5 Å². The predicted octanol–water partition coefficient (Wildman–Crippen LogP) is 3.72. The fraction of sp³-hybridized carbons (Fsp3) is 0.0952. The molecule has 0 saturated heterocycles. The predicted molar refractivity (Wildman–Crippen MR) is 103 cm³/mol. The fourth-order valence-electron chi connectivity index (χ4n) is 3.41. The molecule has 4 aromatic rings. The van der Waals surface area contributed by atoms with Crippen molar-refractivity contribution in [2.45, 2.75) is 12.7 Å². The minimum Gasteiger partial charge on any atom is -0.365 e. The highest BCUT2D eigenvalue weighted by atomic mass is 19.4. The first kappa shape index (κ1) is 18.7.